The van der Waals surface area contributed by atoms with E-state index in [1.807, 2.05) is 55.6 Å². The van der Waals surface area contributed by atoms with E-state index in [1.54, 1.807) is 0 Å². The highest BCUT2D eigenvalue weighted by Gasteiger charge is 2.19. The Morgan fingerprint density at radius 3 is 2.91 bits per heavy atom. The minimum Gasteiger partial charge on any atom is -0.410 e. The lowest BCUT2D eigenvalue weighted by molar-refractivity contribution is -0.115. The molecule has 1 amide bonds. The topological polar surface area (TPSA) is 68.0 Å². The summed E-state index contributed by atoms with van der Waals surface area (Å²) < 4.78 is 5.59. The van der Waals surface area contributed by atoms with Gasteiger partial charge in [0.15, 0.2) is 0 Å². The van der Waals surface area contributed by atoms with Gasteiger partial charge in [-0.25, -0.2) is 0 Å². The van der Waals surface area contributed by atoms with Crippen LogP contribution in [0.25, 0.3) is 10.8 Å². The minimum absolute atomic E-state index is 0.100. The number of hydrogen-bond acceptors (Lipinski definition) is 6. The highest BCUT2D eigenvalue weighted by atomic mass is 32.2. The molecule has 0 aliphatic rings. The standard InChI is InChI=1S/C16H15N3O2S2/c1-10-5-3-6-12(9-10)17-14(20)11(2)23-16-19-18-15(21-16)13-7-4-8-22-13/h3-9,11H,1-2H3,(H,17,20)/t11-/m1/s1. The molecule has 0 fully saturated rings. The number of nitrogens with zero attached hydrogens (tertiary/aromatic N) is 2. The molecule has 23 heavy (non-hydrogen) atoms. The van der Waals surface area contributed by atoms with Crippen molar-refractivity contribution in [1.82, 2.24) is 10.2 Å². The molecule has 0 radical (unpaired) electrons. The first-order valence-corrected chi connectivity index (χ1v) is 8.79. The molecule has 2 heterocycles. The number of anilines is 1. The van der Waals surface area contributed by atoms with Gasteiger partial charge in [-0.05, 0) is 43.0 Å². The van der Waals surface area contributed by atoms with Crippen molar-refractivity contribution in [2.45, 2.75) is 24.3 Å². The fourth-order valence-electron chi connectivity index (χ4n) is 1.93. The Labute approximate surface area is 142 Å². The van der Waals surface area contributed by atoms with Crippen molar-refractivity contribution in [2.24, 2.45) is 0 Å². The molecule has 5 nitrogen and oxygen atoms in total. The molecule has 1 N–H and O–H groups in total. The SMILES string of the molecule is Cc1cccc(NC(=O)[C@@H](C)Sc2nnc(-c3cccs3)o2)c1. The zero-order valence-corrected chi connectivity index (χ0v) is 14.3. The molecule has 0 saturated heterocycles. The first-order chi connectivity index (χ1) is 11.1. The molecule has 7 heteroatoms. The molecule has 2 aromatic heterocycles. The number of hydrogen-bond donors (Lipinski definition) is 1. The van der Waals surface area contributed by atoms with E-state index in [9.17, 15) is 4.79 Å². The maximum Gasteiger partial charge on any atom is 0.277 e. The second kappa shape index (κ2) is 6.97. The molecule has 0 aliphatic heterocycles. The number of rotatable bonds is 5. The smallest absolute Gasteiger partial charge is 0.277 e. The third-order valence-corrected chi connectivity index (χ3v) is 4.86. The average molecular weight is 345 g/mol. The first-order valence-electron chi connectivity index (χ1n) is 7.03. The monoisotopic (exact) mass is 345 g/mol. The van der Waals surface area contributed by atoms with Crippen LogP contribution in [-0.4, -0.2) is 21.4 Å². The number of carbonyl (C=O) groups is 1. The van der Waals surface area contributed by atoms with E-state index in [4.69, 9.17) is 4.42 Å². The summed E-state index contributed by atoms with van der Waals surface area (Å²) >= 11 is 2.78. The van der Waals surface area contributed by atoms with Gasteiger partial charge in [0.05, 0.1) is 10.1 Å². The molecule has 3 aromatic rings. The highest BCUT2D eigenvalue weighted by Crippen LogP contribution is 2.28. The zero-order chi connectivity index (χ0) is 16.2. The Balaban J connectivity index is 1.62. The largest absolute Gasteiger partial charge is 0.410 e. The van der Waals surface area contributed by atoms with E-state index in [0.29, 0.717) is 11.1 Å². The van der Waals surface area contributed by atoms with Crippen LogP contribution in [-0.2, 0) is 4.79 Å². The van der Waals surface area contributed by atoms with E-state index >= 15 is 0 Å². The number of nitrogens with one attached hydrogen (secondary N) is 1. The van der Waals surface area contributed by atoms with Crippen LogP contribution in [0.3, 0.4) is 0 Å². The summed E-state index contributed by atoms with van der Waals surface area (Å²) in [7, 11) is 0. The molecule has 1 atom stereocenters. The summed E-state index contributed by atoms with van der Waals surface area (Å²) in [6.45, 7) is 3.79. The van der Waals surface area contributed by atoms with E-state index in [1.165, 1.54) is 23.1 Å². The maximum atomic E-state index is 12.2. The summed E-state index contributed by atoms with van der Waals surface area (Å²) in [6.07, 6.45) is 0. The van der Waals surface area contributed by atoms with Crippen LogP contribution in [0.5, 0.6) is 0 Å². The van der Waals surface area contributed by atoms with Gasteiger partial charge >= 0.3 is 0 Å². The highest BCUT2D eigenvalue weighted by molar-refractivity contribution is 8.00. The molecule has 0 aliphatic carbocycles. The Bertz CT molecular complexity index is 799. The maximum absolute atomic E-state index is 12.2. The number of amides is 1. The van der Waals surface area contributed by atoms with Gasteiger partial charge < -0.3 is 9.73 Å². The quantitative estimate of drug-likeness (QED) is 0.701. The lowest BCUT2D eigenvalue weighted by Gasteiger charge is -2.10. The molecule has 0 saturated carbocycles. The Morgan fingerprint density at radius 1 is 1.30 bits per heavy atom. The van der Waals surface area contributed by atoms with E-state index < -0.39 is 0 Å². The van der Waals surface area contributed by atoms with Crippen LogP contribution in [0.4, 0.5) is 5.69 Å². The van der Waals surface area contributed by atoms with Gasteiger partial charge in [0.25, 0.3) is 11.1 Å². The van der Waals surface area contributed by atoms with E-state index in [0.717, 1.165) is 16.1 Å². The first kappa shape index (κ1) is 15.8. The summed E-state index contributed by atoms with van der Waals surface area (Å²) in [6, 6.07) is 11.5. The molecule has 1 aromatic carbocycles. The van der Waals surface area contributed by atoms with Crippen molar-refractivity contribution in [3.63, 3.8) is 0 Å². The third kappa shape index (κ3) is 4.00. The lowest BCUT2D eigenvalue weighted by Crippen LogP contribution is -2.22. The molecular formula is C16H15N3O2S2. The van der Waals surface area contributed by atoms with Crippen molar-refractivity contribution >= 4 is 34.7 Å². The van der Waals surface area contributed by atoms with E-state index in [2.05, 4.69) is 15.5 Å². The van der Waals surface area contributed by atoms with Gasteiger partial charge in [-0.2, -0.15) is 0 Å². The number of aryl methyl sites for hydroxylation is 1. The predicted octanol–water partition coefficient (Wildman–Crippen LogP) is 4.23. The molecular weight excluding hydrogens is 330 g/mol. The zero-order valence-electron chi connectivity index (χ0n) is 12.6. The summed E-state index contributed by atoms with van der Waals surface area (Å²) in [5, 5.41) is 12.9. The molecule has 0 unspecified atom stereocenters. The summed E-state index contributed by atoms with van der Waals surface area (Å²) in [5.74, 6) is 0.380. The minimum atomic E-state index is -0.341. The van der Waals surface area contributed by atoms with Crippen LogP contribution in [0.1, 0.15) is 12.5 Å². The summed E-state index contributed by atoms with van der Waals surface area (Å²) in [4.78, 5) is 13.2. The molecule has 3 rings (SSSR count). The van der Waals surface area contributed by atoms with Gasteiger partial charge in [-0.15, -0.1) is 21.5 Å². The van der Waals surface area contributed by atoms with E-state index in [-0.39, 0.29) is 11.2 Å². The normalized spacial score (nSPS) is 12.1. The number of carbonyl (C=O) groups excluding carboxylic acids is 1. The average Bonchev–Trinajstić information content (AvgIpc) is 3.17. The number of benzene rings is 1. The van der Waals surface area contributed by atoms with Crippen molar-refractivity contribution in [1.29, 1.82) is 0 Å². The Morgan fingerprint density at radius 2 is 2.17 bits per heavy atom. The molecule has 0 spiro atoms. The van der Waals surface area contributed by atoms with Crippen molar-refractivity contribution in [2.75, 3.05) is 5.32 Å². The van der Waals surface area contributed by atoms with Crippen LogP contribution in [0.2, 0.25) is 0 Å². The lowest BCUT2D eigenvalue weighted by atomic mass is 10.2. The second-order valence-corrected chi connectivity index (χ2v) is 7.21. The third-order valence-electron chi connectivity index (χ3n) is 3.07. The van der Waals surface area contributed by atoms with Crippen LogP contribution < -0.4 is 5.32 Å². The predicted molar refractivity (Wildman–Crippen MR) is 92.7 cm³/mol. The van der Waals surface area contributed by atoms with Crippen LogP contribution in [0.15, 0.2) is 51.4 Å². The van der Waals surface area contributed by atoms with Crippen molar-refractivity contribution in [3.8, 4) is 10.8 Å². The fraction of sp³-hybridized carbons (Fsp3) is 0.188. The van der Waals surface area contributed by atoms with Crippen LogP contribution in [0, 0.1) is 6.92 Å². The number of thiophene rings is 1. The molecule has 0 bridgehead atoms. The van der Waals surface area contributed by atoms with Gasteiger partial charge in [0.1, 0.15) is 0 Å². The van der Waals surface area contributed by atoms with Crippen LogP contribution >= 0.6 is 23.1 Å². The van der Waals surface area contributed by atoms with Gasteiger partial charge in [-0.3, -0.25) is 4.79 Å². The van der Waals surface area contributed by atoms with Gasteiger partial charge in [0.2, 0.25) is 5.91 Å². The molecule has 118 valence electrons. The van der Waals surface area contributed by atoms with Crippen molar-refractivity contribution in [3.05, 3.63) is 47.3 Å². The number of thioether (sulfide) groups is 1. The Hall–Kier alpha value is -2.12. The number of aromatic nitrogens is 2. The Kier molecular flexibility index (Phi) is 4.78. The fourth-order valence-corrected chi connectivity index (χ4v) is 3.26. The summed E-state index contributed by atoms with van der Waals surface area (Å²) in [5.41, 5.74) is 1.88. The van der Waals surface area contributed by atoms with Crippen molar-refractivity contribution < 1.29 is 9.21 Å². The van der Waals surface area contributed by atoms with Gasteiger partial charge in [-0.1, -0.05) is 30.0 Å². The van der Waals surface area contributed by atoms with Gasteiger partial charge in [0, 0.05) is 5.69 Å². The second-order valence-electron chi connectivity index (χ2n) is 4.97.